The zero-order valence-electron chi connectivity index (χ0n) is 11.2. The highest BCUT2D eigenvalue weighted by Gasteiger charge is 2.21. The largest absolute Gasteiger partial charge is 0.271 e. The number of aromatic nitrogens is 3. The SMILES string of the molecule is Cn1nnc(Br)c1C(NN)c1ccc2cc(Br)ccc2c1. The maximum absolute atomic E-state index is 5.75. The molecule has 0 saturated carbocycles. The van der Waals surface area contributed by atoms with E-state index in [1.54, 1.807) is 4.68 Å². The first-order valence-electron chi connectivity index (χ1n) is 6.30. The molecule has 0 bridgehead atoms. The lowest BCUT2D eigenvalue weighted by Crippen LogP contribution is -2.30. The summed E-state index contributed by atoms with van der Waals surface area (Å²) in [6.45, 7) is 0. The highest BCUT2D eigenvalue weighted by molar-refractivity contribution is 9.10. The highest BCUT2D eigenvalue weighted by atomic mass is 79.9. The molecule has 0 spiro atoms. The lowest BCUT2D eigenvalue weighted by atomic mass is 10.0. The molecule has 1 aromatic heterocycles. The smallest absolute Gasteiger partial charge is 0.153 e. The van der Waals surface area contributed by atoms with Crippen molar-refractivity contribution in [1.82, 2.24) is 20.4 Å². The molecule has 108 valence electrons. The first kappa shape index (κ1) is 14.6. The molecular weight excluding hydrogens is 398 g/mol. The Morgan fingerprint density at radius 2 is 1.86 bits per heavy atom. The van der Waals surface area contributed by atoms with Crippen LogP contribution in [0.15, 0.2) is 45.5 Å². The number of rotatable bonds is 3. The molecule has 3 N–H and O–H groups in total. The first-order valence-corrected chi connectivity index (χ1v) is 7.89. The van der Waals surface area contributed by atoms with Crippen LogP contribution in [0.4, 0.5) is 0 Å². The van der Waals surface area contributed by atoms with Gasteiger partial charge in [-0.1, -0.05) is 39.3 Å². The average Bonchev–Trinajstić information content (AvgIpc) is 2.80. The Balaban J connectivity index is 2.11. The van der Waals surface area contributed by atoms with E-state index in [1.807, 2.05) is 13.1 Å². The minimum atomic E-state index is -0.188. The van der Waals surface area contributed by atoms with E-state index in [9.17, 15) is 0 Å². The van der Waals surface area contributed by atoms with Crippen LogP contribution in [0.2, 0.25) is 0 Å². The fourth-order valence-corrected chi connectivity index (χ4v) is 3.33. The van der Waals surface area contributed by atoms with E-state index in [0.29, 0.717) is 4.60 Å². The van der Waals surface area contributed by atoms with Crippen molar-refractivity contribution >= 4 is 42.6 Å². The minimum Gasteiger partial charge on any atom is -0.271 e. The van der Waals surface area contributed by atoms with Gasteiger partial charge in [-0.2, -0.15) is 0 Å². The summed E-state index contributed by atoms with van der Waals surface area (Å²) in [5.41, 5.74) is 4.78. The van der Waals surface area contributed by atoms with Crippen LogP contribution in [0.1, 0.15) is 17.3 Å². The van der Waals surface area contributed by atoms with E-state index < -0.39 is 0 Å². The first-order chi connectivity index (χ1) is 10.1. The third kappa shape index (κ3) is 2.74. The van der Waals surface area contributed by atoms with Crippen LogP contribution in [-0.4, -0.2) is 15.0 Å². The second kappa shape index (κ2) is 5.84. The molecule has 7 heteroatoms. The molecule has 0 fully saturated rings. The number of hydrazine groups is 1. The van der Waals surface area contributed by atoms with Crippen molar-refractivity contribution in [3.63, 3.8) is 0 Å². The molecule has 3 aromatic rings. The van der Waals surface area contributed by atoms with Crippen LogP contribution in [0, 0.1) is 0 Å². The van der Waals surface area contributed by atoms with Crippen molar-refractivity contribution < 1.29 is 0 Å². The third-order valence-corrected chi connectivity index (χ3v) is 4.48. The zero-order chi connectivity index (χ0) is 15.0. The monoisotopic (exact) mass is 409 g/mol. The van der Waals surface area contributed by atoms with Crippen LogP contribution in [-0.2, 0) is 7.05 Å². The van der Waals surface area contributed by atoms with Crippen LogP contribution < -0.4 is 11.3 Å². The van der Waals surface area contributed by atoms with E-state index in [-0.39, 0.29) is 6.04 Å². The molecule has 5 nitrogen and oxygen atoms in total. The number of hydrogen-bond donors (Lipinski definition) is 2. The molecule has 0 aliphatic heterocycles. The number of hydrogen-bond acceptors (Lipinski definition) is 4. The average molecular weight is 411 g/mol. The van der Waals surface area contributed by atoms with Gasteiger partial charge in [-0.3, -0.25) is 5.84 Å². The molecule has 1 atom stereocenters. The van der Waals surface area contributed by atoms with Gasteiger partial charge in [0.15, 0.2) is 4.60 Å². The predicted octanol–water partition coefficient (Wildman–Crippen LogP) is 3.05. The Morgan fingerprint density at radius 1 is 1.14 bits per heavy atom. The number of aryl methyl sites for hydroxylation is 1. The zero-order valence-corrected chi connectivity index (χ0v) is 14.4. The van der Waals surface area contributed by atoms with E-state index >= 15 is 0 Å². The molecule has 0 radical (unpaired) electrons. The number of nitrogens with two attached hydrogens (primary N) is 1. The molecule has 1 heterocycles. The lowest BCUT2D eigenvalue weighted by Gasteiger charge is -2.17. The molecule has 1 unspecified atom stereocenters. The van der Waals surface area contributed by atoms with Gasteiger partial charge in [-0.15, -0.1) is 5.10 Å². The van der Waals surface area contributed by atoms with Gasteiger partial charge in [0.25, 0.3) is 0 Å². The number of nitrogens with one attached hydrogen (secondary N) is 1. The van der Waals surface area contributed by atoms with Gasteiger partial charge < -0.3 is 0 Å². The van der Waals surface area contributed by atoms with E-state index in [4.69, 9.17) is 5.84 Å². The Hall–Kier alpha value is -1.28. The van der Waals surface area contributed by atoms with Crippen molar-refractivity contribution in [3.05, 3.63) is 56.7 Å². The molecule has 0 aliphatic rings. The van der Waals surface area contributed by atoms with Gasteiger partial charge in [0.1, 0.15) is 0 Å². The highest BCUT2D eigenvalue weighted by Crippen LogP contribution is 2.29. The molecule has 21 heavy (non-hydrogen) atoms. The second-order valence-corrected chi connectivity index (χ2v) is 6.41. The van der Waals surface area contributed by atoms with Gasteiger partial charge in [0.05, 0.1) is 11.7 Å². The topological polar surface area (TPSA) is 68.8 Å². The number of benzene rings is 2. The predicted molar refractivity (Wildman–Crippen MR) is 89.5 cm³/mol. The van der Waals surface area contributed by atoms with Gasteiger partial charge in [0.2, 0.25) is 0 Å². The fraction of sp³-hybridized carbons (Fsp3) is 0.143. The van der Waals surface area contributed by atoms with E-state index in [0.717, 1.165) is 21.1 Å². The van der Waals surface area contributed by atoms with Crippen LogP contribution in [0.3, 0.4) is 0 Å². The molecule has 2 aromatic carbocycles. The van der Waals surface area contributed by atoms with Gasteiger partial charge in [-0.05, 0) is 50.5 Å². The molecule has 0 saturated heterocycles. The van der Waals surface area contributed by atoms with Crippen molar-refractivity contribution in [3.8, 4) is 0 Å². The summed E-state index contributed by atoms with van der Waals surface area (Å²) >= 11 is 6.90. The third-order valence-electron chi connectivity index (χ3n) is 3.43. The molecule has 0 amide bonds. The van der Waals surface area contributed by atoms with Crippen molar-refractivity contribution in [1.29, 1.82) is 0 Å². The Morgan fingerprint density at radius 3 is 2.52 bits per heavy atom. The van der Waals surface area contributed by atoms with Crippen molar-refractivity contribution in [2.24, 2.45) is 12.9 Å². The summed E-state index contributed by atoms with van der Waals surface area (Å²) in [5.74, 6) is 5.75. The van der Waals surface area contributed by atoms with Crippen LogP contribution in [0.25, 0.3) is 10.8 Å². The molecular formula is C14H13Br2N5. The standard InChI is InChI=1S/C14H13Br2N5/c1-21-13(14(16)19-20-21)12(18-17)10-3-2-9-7-11(15)5-4-8(9)6-10/h2-7,12,18H,17H2,1H3. The van der Waals surface area contributed by atoms with Crippen molar-refractivity contribution in [2.45, 2.75) is 6.04 Å². The van der Waals surface area contributed by atoms with Gasteiger partial charge in [-0.25, -0.2) is 10.1 Å². The fourth-order valence-electron chi connectivity index (χ4n) is 2.39. The van der Waals surface area contributed by atoms with Crippen molar-refractivity contribution in [2.75, 3.05) is 0 Å². The minimum absolute atomic E-state index is 0.188. The normalized spacial score (nSPS) is 12.8. The molecule has 3 rings (SSSR count). The summed E-state index contributed by atoms with van der Waals surface area (Å²) in [5, 5.41) is 10.3. The van der Waals surface area contributed by atoms with Gasteiger partial charge >= 0.3 is 0 Å². The summed E-state index contributed by atoms with van der Waals surface area (Å²) < 4.78 is 3.46. The number of fused-ring (bicyclic) bond motifs is 1. The Bertz CT molecular complexity index is 780. The lowest BCUT2D eigenvalue weighted by molar-refractivity contribution is 0.569. The van der Waals surface area contributed by atoms with Crippen LogP contribution in [0.5, 0.6) is 0 Å². The van der Waals surface area contributed by atoms with Crippen LogP contribution >= 0.6 is 31.9 Å². The maximum atomic E-state index is 5.75. The quantitative estimate of drug-likeness (QED) is 0.514. The van der Waals surface area contributed by atoms with E-state index in [1.165, 1.54) is 5.39 Å². The second-order valence-electron chi connectivity index (χ2n) is 4.74. The summed E-state index contributed by atoms with van der Waals surface area (Å²) in [6, 6.07) is 12.3. The Kier molecular flexibility index (Phi) is 4.08. The number of nitrogens with zero attached hydrogens (tertiary/aromatic N) is 3. The Labute approximate surface area is 138 Å². The summed E-state index contributed by atoms with van der Waals surface area (Å²) in [6.07, 6.45) is 0. The maximum Gasteiger partial charge on any atom is 0.153 e. The number of halogens is 2. The summed E-state index contributed by atoms with van der Waals surface area (Å²) in [7, 11) is 1.84. The summed E-state index contributed by atoms with van der Waals surface area (Å²) in [4.78, 5) is 0. The van der Waals surface area contributed by atoms with Gasteiger partial charge in [0, 0.05) is 11.5 Å². The molecule has 0 aliphatic carbocycles. The van der Waals surface area contributed by atoms with E-state index in [2.05, 4.69) is 77.9 Å².